The molecule has 0 aliphatic heterocycles. The Morgan fingerprint density at radius 2 is 1.95 bits per heavy atom. The summed E-state index contributed by atoms with van der Waals surface area (Å²) < 4.78 is 18.6. The highest BCUT2D eigenvalue weighted by Gasteiger charge is 2.18. The van der Waals surface area contributed by atoms with Crippen LogP contribution in [0.1, 0.15) is 15.9 Å². The molecule has 0 heterocycles. The molecule has 7 heteroatoms. The number of aromatic carboxylic acids is 1. The largest absolute Gasteiger partial charge is 0.478 e. The van der Waals surface area contributed by atoms with Crippen LogP contribution in [0, 0.1) is 22.9 Å². The zero-order valence-corrected chi connectivity index (χ0v) is 10.9. The Kier molecular flexibility index (Phi) is 3.84. The van der Waals surface area contributed by atoms with Gasteiger partial charge >= 0.3 is 5.97 Å². The number of hydrogen-bond donors (Lipinski definition) is 1. The summed E-state index contributed by atoms with van der Waals surface area (Å²) in [5, 5.41) is 19.8. The lowest BCUT2D eigenvalue weighted by molar-refractivity contribution is -0.384. The van der Waals surface area contributed by atoms with Crippen LogP contribution in [-0.2, 0) is 0 Å². The lowest BCUT2D eigenvalue weighted by Crippen LogP contribution is -2.02. The van der Waals surface area contributed by atoms with Crippen LogP contribution in [0.15, 0.2) is 36.4 Å². The molecule has 0 radical (unpaired) electrons. The van der Waals surface area contributed by atoms with E-state index in [1.165, 1.54) is 18.2 Å². The third-order valence-electron chi connectivity index (χ3n) is 2.77. The van der Waals surface area contributed by atoms with Gasteiger partial charge in [0.25, 0.3) is 5.69 Å². The second kappa shape index (κ2) is 5.58. The number of carboxylic acids is 1. The Morgan fingerprint density at radius 1 is 1.24 bits per heavy atom. The van der Waals surface area contributed by atoms with Crippen molar-refractivity contribution in [1.29, 1.82) is 0 Å². The van der Waals surface area contributed by atoms with E-state index in [0.717, 1.165) is 18.2 Å². The van der Waals surface area contributed by atoms with E-state index in [0.29, 0.717) is 5.56 Å². The van der Waals surface area contributed by atoms with Crippen LogP contribution in [0.5, 0.6) is 11.5 Å². The van der Waals surface area contributed by atoms with E-state index < -0.39 is 16.7 Å². The van der Waals surface area contributed by atoms with Gasteiger partial charge in [0.15, 0.2) is 0 Å². The summed E-state index contributed by atoms with van der Waals surface area (Å²) in [5.74, 6) is -1.86. The smallest absolute Gasteiger partial charge is 0.339 e. The number of nitro benzene ring substituents is 1. The zero-order chi connectivity index (χ0) is 15.6. The van der Waals surface area contributed by atoms with E-state index in [9.17, 15) is 19.3 Å². The summed E-state index contributed by atoms with van der Waals surface area (Å²) in [6.45, 7) is 1.67. The molecule has 1 N–H and O–H groups in total. The Hall–Kier alpha value is -2.96. The topological polar surface area (TPSA) is 89.7 Å². The SMILES string of the molecule is Cc1ccc(F)cc1Oc1ccc([N+](=O)[O-])cc1C(=O)O. The second-order valence-electron chi connectivity index (χ2n) is 4.25. The first-order chi connectivity index (χ1) is 9.88. The molecule has 0 aromatic heterocycles. The molecule has 108 valence electrons. The molecule has 0 bridgehead atoms. The van der Waals surface area contributed by atoms with Crippen molar-refractivity contribution in [3.05, 3.63) is 63.5 Å². The van der Waals surface area contributed by atoms with Crippen molar-refractivity contribution in [2.45, 2.75) is 6.92 Å². The molecule has 0 unspecified atom stereocenters. The van der Waals surface area contributed by atoms with Crippen LogP contribution < -0.4 is 4.74 Å². The number of benzene rings is 2. The van der Waals surface area contributed by atoms with Crippen molar-refractivity contribution in [2.24, 2.45) is 0 Å². The van der Waals surface area contributed by atoms with Crippen LogP contribution in [0.2, 0.25) is 0 Å². The standard InChI is InChI=1S/C14H10FNO5/c1-8-2-3-9(15)6-13(8)21-12-5-4-10(16(19)20)7-11(12)14(17)18/h2-7H,1H3,(H,17,18). The Balaban J connectivity index is 2.46. The monoisotopic (exact) mass is 291 g/mol. The minimum Gasteiger partial charge on any atom is -0.478 e. The van der Waals surface area contributed by atoms with E-state index in [1.807, 2.05) is 0 Å². The first kappa shape index (κ1) is 14.4. The number of hydrogen-bond acceptors (Lipinski definition) is 4. The third kappa shape index (κ3) is 3.14. The van der Waals surface area contributed by atoms with Crippen molar-refractivity contribution in [3.8, 4) is 11.5 Å². The number of non-ortho nitro benzene ring substituents is 1. The number of nitro groups is 1. The molecular formula is C14H10FNO5. The maximum Gasteiger partial charge on any atom is 0.339 e. The molecule has 2 aromatic carbocycles. The maximum absolute atomic E-state index is 13.2. The summed E-state index contributed by atoms with van der Waals surface area (Å²) in [5.41, 5.74) is -0.130. The van der Waals surface area contributed by atoms with Gasteiger partial charge in [-0.3, -0.25) is 10.1 Å². The van der Waals surface area contributed by atoms with Gasteiger partial charge in [-0.15, -0.1) is 0 Å². The van der Waals surface area contributed by atoms with Gasteiger partial charge in [-0.05, 0) is 24.6 Å². The van der Waals surface area contributed by atoms with Crippen LogP contribution >= 0.6 is 0 Å². The molecule has 0 saturated heterocycles. The van der Waals surface area contributed by atoms with Gasteiger partial charge in [-0.2, -0.15) is 0 Å². The normalized spacial score (nSPS) is 10.2. The van der Waals surface area contributed by atoms with E-state index in [-0.39, 0.29) is 22.7 Å². The highest BCUT2D eigenvalue weighted by Crippen LogP contribution is 2.31. The van der Waals surface area contributed by atoms with Crippen molar-refractivity contribution >= 4 is 11.7 Å². The molecule has 0 atom stereocenters. The Morgan fingerprint density at radius 3 is 2.57 bits per heavy atom. The number of nitrogens with zero attached hydrogens (tertiary/aromatic N) is 1. The van der Waals surface area contributed by atoms with Crippen LogP contribution in [0.4, 0.5) is 10.1 Å². The predicted molar refractivity (Wildman–Crippen MR) is 71.3 cm³/mol. The molecule has 0 saturated carbocycles. The van der Waals surface area contributed by atoms with Crippen LogP contribution in [0.25, 0.3) is 0 Å². The number of carbonyl (C=O) groups is 1. The fraction of sp³-hybridized carbons (Fsp3) is 0.0714. The second-order valence-corrected chi connectivity index (χ2v) is 4.25. The fourth-order valence-electron chi connectivity index (χ4n) is 1.69. The van der Waals surface area contributed by atoms with Gasteiger partial charge in [0.2, 0.25) is 0 Å². The number of aryl methyl sites for hydroxylation is 1. The van der Waals surface area contributed by atoms with Gasteiger partial charge in [0, 0.05) is 18.2 Å². The van der Waals surface area contributed by atoms with E-state index >= 15 is 0 Å². The average molecular weight is 291 g/mol. The molecular weight excluding hydrogens is 281 g/mol. The van der Waals surface area contributed by atoms with Crippen molar-refractivity contribution < 1.29 is 24.0 Å². The highest BCUT2D eigenvalue weighted by molar-refractivity contribution is 5.91. The molecule has 0 spiro atoms. The molecule has 2 aromatic rings. The number of rotatable bonds is 4. The van der Waals surface area contributed by atoms with Gasteiger partial charge < -0.3 is 9.84 Å². The molecule has 2 rings (SSSR count). The number of carboxylic acid groups (broad SMARTS) is 1. The lowest BCUT2D eigenvalue weighted by atomic mass is 10.1. The Bertz CT molecular complexity index is 729. The van der Waals surface area contributed by atoms with Crippen LogP contribution in [0.3, 0.4) is 0 Å². The minimum atomic E-state index is -1.37. The molecule has 0 aliphatic rings. The summed E-state index contributed by atoms with van der Waals surface area (Å²) in [7, 11) is 0. The highest BCUT2D eigenvalue weighted by atomic mass is 19.1. The van der Waals surface area contributed by atoms with Gasteiger partial charge in [0.1, 0.15) is 22.9 Å². The predicted octanol–water partition coefficient (Wildman–Crippen LogP) is 3.53. The van der Waals surface area contributed by atoms with Gasteiger partial charge in [-0.1, -0.05) is 6.07 Å². The van der Waals surface area contributed by atoms with E-state index in [1.54, 1.807) is 6.92 Å². The molecule has 6 nitrogen and oxygen atoms in total. The van der Waals surface area contributed by atoms with Gasteiger partial charge in [-0.25, -0.2) is 9.18 Å². The molecule has 0 fully saturated rings. The van der Waals surface area contributed by atoms with E-state index in [4.69, 9.17) is 9.84 Å². The Labute approximate surface area is 118 Å². The average Bonchev–Trinajstić information content (AvgIpc) is 2.42. The summed E-state index contributed by atoms with van der Waals surface area (Å²) in [4.78, 5) is 21.1. The van der Waals surface area contributed by atoms with Crippen molar-refractivity contribution in [3.63, 3.8) is 0 Å². The summed E-state index contributed by atoms with van der Waals surface area (Å²) in [6, 6.07) is 7.03. The van der Waals surface area contributed by atoms with Crippen LogP contribution in [-0.4, -0.2) is 16.0 Å². The van der Waals surface area contributed by atoms with E-state index in [2.05, 4.69) is 0 Å². The summed E-state index contributed by atoms with van der Waals surface area (Å²) >= 11 is 0. The van der Waals surface area contributed by atoms with Crippen molar-refractivity contribution in [1.82, 2.24) is 0 Å². The quantitative estimate of drug-likeness (QED) is 0.687. The first-order valence-corrected chi connectivity index (χ1v) is 5.84. The molecule has 0 amide bonds. The number of halogens is 1. The zero-order valence-electron chi connectivity index (χ0n) is 10.9. The lowest BCUT2D eigenvalue weighted by Gasteiger charge is -2.11. The third-order valence-corrected chi connectivity index (χ3v) is 2.77. The minimum absolute atomic E-state index is 0.0956. The molecule has 21 heavy (non-hydrogen) atoms. The van der Waals surface area contributed by atoms with Crippen molar-refractivity contribution in [2.75, 3.05) is 0 Å². The summed E-state index contributed by atoms with van der Waals surface area (Å²) in [6.07, 6.45) is 0. The number of ether oxygens (including phenoxy) is 1. The molecule has 0 aliphatic carbocycles. The van der Waals surface area contributed by atoms with Gasteiger partial charge in [0.05, 0.1) is 4.92 Å². The fourth-order valence-corrected chi connectivity index (χ4v) is 1.69. The maximum atomic E-state index is 13.2. The first-order valence-electron chi connectivity index (χ1n) is 5.84.